The molecule has 1 saturated heterocycles. The first kappa shape index (κ1) is 18.1. The van der Waals surface area contributed by atoms with Gasteiger partial charge in [-0.05, 0) is 36.7 Å². The number of hydrogen-bond donors (Lipinski definition) is 1. The largest absolute Gasteiger partial charge is 0.365 e. The maximum atomic E-state index is 13.7. The van der Waals surface area contributed by atoms with Crippen LogP contribution in [0.2, 0.25) is 0 Å². The highest BCUT2D eigenvalue weighted by atomic mass is 19.2. The van der Waals surface area contributed by atoms with Crippen LogP contribution in [0.15, 0.2) is 30.5 Å². The zero-order valence-corrected chi connectivity index (χ0v) is 14.0. The number of halogens is 3. The van der Waals surface area contributed by atoms with Gasteiger partial charge in [0, 0.05) is 18.7 Å². The molecule has 1 aromatic heterocycles. The van der Waals surface area contributed by atoms with Crippen molar-refractivity contribution in [3.63, 3.8) is 0 Å². The quantitative estimate of drug-likeness (QED) is 0.497. The van der Waals surface area contributed by atoms with E-state index in [-0.39, 0.29) is 17.8 Å². The minimum atomic E-state index is -1.49. The van der Waals surface area contributed by atoms with Crippen LogP contribution in [0, 0.1) is 27.6 Å². The van der Waals surface area contributed by atoms with Gasteiger partial charge in [-0.1, -0.05) is 6.92 Å². The van der Waals surface area contributed by atoms with E-state index in [0.717, 1.165) is 18.3 Å². The minimum absolute atomic E-state index is 0.128. The summed E-state index contributed by atoms with van der Waals surface area (Å²) in [5.74, 6) is -3.52. The van der Waals surface area contributed by atoms with Crippen LogP contribution in [0.1, 0.15) is 24.9 Å². The van der Waals surface area contributed by atoms with Crippen LogP contribution in [-0.4, -0.2) is 33.9 Å². The van der Waals surface area contributed by atoms with Crippen LogP contribution in [0.25, 0.3) is 0 Å². The van der Waals surface area contributed by atoms with Gasteiger partial charge in [0.25, 0.3) is 5.69 Å². The minimum Gasteiger partial charge on any atom is -0.365 e. The van der Waals surface area contributed by atoms with Gasteiger partial charge < -0.3 is 5.32 Å². The molecular weight excluding hydrogens is 349 g/mol. The lowest BCUT2D eigenvalue weighted by molar-refractivity contribution is -0.385. The Bertz CT molecular complexity index is 793. The zero-order valence-electron chi connectivity index (χ0n) is 14.0. The molecular formula is C17H17F3N4O2. The van der Waals surface area contributed by atoms with Crippen LogP contribution in [0.5, 0.6) is 0 Å². The molecule has 2 atom stereocenters. The van der Waals surface area contributed by atoms with E-state index in [1.165, 1.54) is 12.1 Å². The van der Waals surface area contributed by atoms with Crippen molar-refractivity contribution in [2.24, 2.45) is 0 Å². The van der Waals surface area contributed by atoms with Crippen molar-refractivity contribution in [3.05, 3.63) is 63.6 Å². The molecule has 2 unspecified atom stereocenters. The average Bonchev–Trinajstić information content (AvgIpc) is 3.02. The molecule has 6 nitrogen and oxygen atoms in total. The number of likely N-dealkylation sites (N-methyl/N-ethyl adjacent to an activating group) is 1. The summed E-state index contributed by atoms with van der Waals surface area (Å²) in [5, 5.41) is 13.9. The highest BCUT2D eigenvalue weighted by Crippen LogP contribution is 2.35. The molecule has 0 radical (unpaired) electrons. The van der Waals surface area contributed by atoms with Crippen molar-refractivity contribution in [3.8, 4) is 0 Å². The molecule has 1 aliphatic heterocycles. The smallest absolute Gasteiger partial charge is 0.287 e. The third-order valence-electron chi connectivity index (χ3n) is 4.55. The summed E-state index contributed by atoms with van der Waals surface area (Å²) in [4.78, 5) is 16.2. The maximum absolute atomic E-state index is 13.7. The van der Waals surface area contributed by atoms with E-state index in [1.54, 1.807) is 0 Å². The fourth-order valence-corrected chi connectivity index (χ4v) is 3.32. The summed E-state index contributed by atoms with van der Waals surface area (Å²) in [6.45, 7) is 3.26. The van der Waals surface area contributed by atoms with Gasteiger partial charge >= 0.3 is 0 Å². The molecule has 138 valence electrons. The first-order valence-corrected chi connectivity index (χ1v) is 8.16. The first-order valence-electron chi connectivity index (χ1n) is 8.16. The Morgan fingerprint density at radius 2 is 2.00 bits per heavy atom. The average molecular weight is 366 g/mol. The lowest BCUT2D eigenvalue weighted by atomic mass is 9.99. The predicted molar refractivity (Wildman–Crippen MR) is 89.2 cm³/mol. The van der Waals surface area contributed by atoms with Crippen molar-refractivity contribution in [1.29, 1.82) is 0 Å². The Kier molecular flexibility index (Phi) is 5.08. The van der Waals surface area contributed by atoms with Crippen molar-refractivity contribution >= 4 is 11.5 Å². The van der Waals surface area contributed by atoms with E-state index >= 15 is 0 Å². The summed E-state index contributed by atoms with van der Waals surface area (Å²) in [5.41, 5.74) is 0.205. The first-order chi connectivity index (χ1) is 12.4. The van der Waals surface area contributed by atoms with Gasteiger partial charge in [-0.2, -0.15) is 0 Å². The number of likely N-dealkylation sites (tertiary alicyclic amines) is 1. The maximum Gasteiger partial charge on any atom is 0.287 e. The molecule has 1 aromatic carbocycles. The Morgan fingerprint density at radius 1 is 1.31 bits per heavy atom. The number of aromatic nitrogens is 1. The lowest BCUT2D eigenvalue weighted by Crippen LogP contribution is -2.31. The van der Waals surface area contributed by atoms with Crippen molar-refractivity contribution in [1.82, 2.24) is 9.88 Å². The van der Waals surface area contributed by atoms with Crippen molar-refractivity contribution < 1.29 is 18.1 Å². The van der Waals surface area contributed by atoms with Gasteiger partial charge in [0.1, 0.15) is 12.0 Å². The molecule has 9 heteroatoms. The molecule has 0 spiro atoms. The number of benzene rings is 1. The third kappa shape index (κ3) is 3.48. The van der Waals surface area contributed by atoms with Crippen LogP contribution in [-0.2, 0) is 0 Å². The third-order valence-corrected chi connectivity index (χ3v) is 4.55. The molecule has 1 N–H and O–H groups in total. The van der Waals surface area contributed by atoms with Gasteiger partial charge in [0.2, 0.25) is 0 Å². The Balaban J connectivity index is 1.87. The lowest BCUT2D eigenvalue weighted by Gasteiger charge is -2.28. The monoisotopic (exact) mass is 366 g/mol. The second-order valence-electron chi connectivity index (χ2n) is 6.07. The molecule has 26 heavy (non-hydrogen) atoms. The Hall–Kier alpha value is -2.68. The number of anilines is 1. The molecule has 1 aliphatic rings. The van der Waals surface area contributed by atoms with Gasteiger partial charge in [0.15, 0.2) is 17.5 Å². The normalized spacial score (nSPS) is 20.3. The summed E-state index contributed by atoms with van der Waals surface area (Å²) in [7, 11) is 0. The van der Waals surface area contributed by atoms with E-state index in [9.17, 15) is 23.3 Å². The molecule has 1 fully saturated rings. The van der Waals surface area contributed by atoms with Crippen LogP contribution < -0.4 is 5.32 Å². The number of nitrogens with zero attached hydrogens (tertiary/aromatic N) is 3. The summed E-state index contributed by atoms with van der Waals surface area (Å²) < 4.78 is 40.6. The van der Waals surface area contributed by atoms with Gasteiger partial charge in [0.05, 0.1) is 11.0 Å². The molecule has 2 heterocycles. The van der Waals surface area contributed by atoms with E-state index in [1.807, 2.05) is 11.8 Å². The van der Waals surface area contributed by atoms with E-state index in [4.69, 9.17) is 0 Å². The van der Waals surface area contributed by atoms with Crippen molar-refractivity contribution in [2.45, 2.75) is 25.4 Å². The second-order valence-corrected chi connectivity index (χ2v) is 6.07. The molecule has 0 bridgehead atoms. The standard InChI is InChI=1S/C17H17F3N4O2/c1-2-23-6-5-14(22-15-4-3-11(9-21-15)24(25)26)17(23)10-7-12(18)16(20)13(19)8-10/h3-4,7-9,14,17H,2,5-6H2,1H3,(H,21,22). The fraction of sp³-hybridized carbons (Fsp3) is 0.353. The highest BCUT2D eigenvalue weighted by molar-refractivity contribution is 5.42. The summed E-state index contributed by atoms with van der Waals surface area (Å²) in [6.07, 6.45) is 1.82. The fourth-order valence-electron chi connectivity index (χ4n) is 3.32. The van der Waals surface area contributed by atoms with Crippen LogP contribution >= 0.6 is 0 Å². The van der Waals surface area contributed by atoms with Crippen molar-refractivity contribution in [2.75, 3.05) is 18.4 Å². The number of hydrogen-bond acceptors (Lipinski definition) is 5. The van der Waals surface area contributed by atoms with Gasteiger partial charge in [-0.3, -0.25) is 15.0 Å². The second kappa shape index (κ2) is 7.28. The Labute approximate surface area is 147 Å². The number of nitro groups is 1. The Morgan fingerprint density at radius 3 is 2.54 bits per heavy atom. The summed E-state index contributed by atoms with van der Waals surface area (Å²) >= 11 is 0. The zero-order chi connectivity index (χ0) is 18.8. The van der Waals surface area contributed by atoms with Gasteiger partial charge in [-0.25, -0.2) is 18.2 Å². The van der Waals surface area contributed by atoms with Crippen LogP contribution in [0.4, 0.5) is 24.7 Å². The summed E-state index contributed by atoms with van der Waals surface area (Å²) in [6, 6.07) is 4.23. The van der Waals surface area contributed by atoms with Crippen LogP contribution in [0.3, 0.4) is 0 Å². The SMILES string of the molecule is CCN1CCC(Nc2ccc([N+](=O)[O-])cn2)C1c1cc(F)c(F)c(F)c1. The highest BCUT2D eigenvalue weighted by Gasteiger charge is 2.35. The number of nitrogens with one attached hydrogen (secondary N) is 1. The predicted octanol–water partition coefficient (Wildman–Crippen LogP) is 3.65. The van der Waals surface area contributed by atoms with E-state index in [2.05, 4.69) is 10.3 Å². The van der Waals surface area contributed by atoms with E-state index in [0.29, 0.717) is 30.9 Å². The van der Waals surface area contributed by atoms with Gasteiger partial charge in [-0.15, -0.1) is 0 Å². The number of rotatable bonds is 5. The number of pyridine rings is 1. The van der Waals surface area contributed by atoms with E-state index < -0.39 is 22.4 Å². The molecule has 3 rings (SSSR count). The molecule has 0 aliphatic carbocycles. The topological polar surface area (TPSA) is 71.3 Å². The molecule has 0 saturated carbocycles. The molecule has 0 amide bonds. The molecule has 2 aromatic rings.